The monoisotopic (exact) mass is 558 g/mol. The number of ether oxygens (including phenoxy) is 1. The topological polar surface area (TPSA) is 108 Å². The Kier molecular flexibility index (Phi) is 10.3. The smallest absolute Gasteiger partial charge is 0.254 e. The van der Waals surface area contributed by atoms with Crippen LogP contribution in [0.5, 0.6) is 0 Å². The van der Waals surface area contributed by atoms with Gasteiger partial charge in [-0.05, 0) is 68.3 Å². The number of benzene rings is 1. The van der Waals surface area contributed by atoms with E-state index in [2.05, 4.69) is 45.0 Å². The van der Waals surface area contributed by atoms with Crippen LogP contribution < -0.4 is 10.6 Å². The third-order valence-electron chi connectivity index (χ3n) is 6.79. The zero-order valence-electron chi connectivity index (χ0n) is 24.0. The molecule has 0 unspecified atom stereocenters. The number of rotatable bonds is 10. The van der Waals surface area contributed by atoms with Gasteiger partial charge in [-0.25, -0.2) is 12.7 Å². The van der Waals surface area contributed by atoms with E-state index in [4.69, 9.17) is 4.74 Å². The van der Waals surface area contributed by atoms with Gasteiger partial charge in [0, 0.05) is 57.1 Å². The fourth-order valence-corrected chi connectivity index (χ4v) is 5.53. The Hall–Kier alpha value is -3.15. The van der Waals surface area contributed by atoms with Crippen LogP contribution in [0.1, 0.15) is 39.2 Å². The number of guanidine groups is 1. The average molecular weight is 559 g/mol. The number of aromatic nitrogens is 1. The van der Waals surface area contributed by atoms with Crippen molar-refractivity contribution in [2.75, 3.05) is 40.1 Å². The Balaban J connectivity index is 1.80. The Bertz CT molecular complexity index is 1350. The fraction of sp³-hybridized carbons (Fsp3) is 0.500. The van der Waals surface area contributed by atoms with E-state index < -0.39 is 10.0 Å². The maximum Gasteiger partial charge on any atom is 0.254 e. The molecule has 1 amide bonds. The second-order valence-electron chi connectivity index (χ2n) is 10.2. The van der Waals surface area contributed by atoms with Crippen molar-refractivity contribution in [3.05, 3.63) is 59.6 Å². The lowest BCUT2D eigenvalue weighted by Gasteiger charge is -2.33. The number of hydrogen-bond acceptors (Lipinski definition) is 5. The number of sulfonamides is 1. The van der Waals surface area contributed by atoms with Gasteiger partial charge in [-0.15, -0.1) is 0 Å². The average Bonchev–Trinajstić information content (AvgIpc) is 3.29. The highest BCUT2D eigenvalue weighted by Gasteiger charge is 2.27. The highest BCUT2D eigenvalue weighted by Crippen LogP contribution is 2.22. The number of methoxy groups -OCH3 is 1. The van der Waals surface area contributed by atoms with Crippen LogP contribution in [0.4, 0.5) is 0 Å². The molecule has 214 valence electrons. The standard InChI is InChI=1S/C28H42N6O4S/c1-20(2)26(31-28(29-5)30-24-11-14-33(15-12-24)39(7,36)37)34(27(35)21(3)4)19-22-8-9-25-23(18-22)10-13-32(25)16-17-38-6/h8-10,13,18,24H,3,11-12,14-17,19H2,1-2,4-7H3,(H2,29,30,31). The van der Waals surface area contributed by atoms with Crippen molar-refractivity contribution < 1.29 is 17.9 Å². The van der Waals surface area contributed by atoms with Crippen LogP contribution in [0.15, 0.2) is 59.0 Å². The van der Waals surface area contributed by atoms with Crippen molar-refractivity contribution >= 4 is 32.8 Å². The van der Waals surface area contributed by atoms with Crippen molar-refractivity contribution in [1.29, 1.82) is 0 Å². The summed E-state index contributed by atoms with van der Waals surface area (Å²) in [5.41, 5.74) is 3.43. The molecule has 1 aromatic carbocycles. The Morgan fingerprint density at radius 1 is 1.21 bits per heavy atom. The molecular weight excluding hydrogens is 516 g/mol. The molecule has 10 nitrogen and oxygen atoms in total. The second-order valence-corrected chi connectivity index (χ2v) is 12.2. The zero-order chi connectivity index (χ0) is 28.7. The van der Waals surface area contributed by atoms with E-state index in [1.165, 1.54) is 10.6 Å². The molecule has 2 N–H and O–H groups in total. The van der Waals surface area contributed by atoms with Crippen molar-refractivity contribution in [1.82, 2.24) is 24.4 Å². The summed E-state index contributed by atoms with van der Waals surface area (Å²) in [6.45, 7) is 12.2. The van der Waals surface area contributed by atoms with Gasteiger partial charge in [-0.3, -0.25) is 14.7 Å². The molecule has 3 rings (SSSR count). The lowest BCUT2D eigenvalue weighted by atomic mass is 10.1. The van der Waals surface area contributed by atoms with Crippen LogP contribution >= 0.6 is 0 Å². The van der Waals surface area contributed by atoms with Gasteiger partial charge in [0.2, 0.25) is 10.0 Å². The molecule has 1 aromatic heterocycles. The van der Waals surface area contributed by atoms with E-state index in [-0.39, 0.29) is 11.9 Å². The quantitative estimate of drug-likeness (QED) is 0.264. The molecule has 2 heterocycles. The molecule has 1 aliphatic rings. The number of nitrogens with zero attached hydrogens (tertiary/aromatic N) is 4. The number of piperidine rings is 1. The molecule has 1 saturated heterocycles. The van der Waals surface area contributed by atoms with Gasteiger partial charge in [-0.1, -0.05) is 12.6 Å². The highest BCUT2D eigenvalue weighted by molar-refractivity contribution is 7.88. The minimum Gasteiger partial charge on any atom is -0.383 e. The number of hydrogen-bond donors (Lipinski definition) is 2. The van der Waals surface area contributed by atoms with Gasteiger partial charge in [0.25, 0.3) is 5.91 Å². The number of nitrogens with one attached hydrogen (secondary N) is 2. The summed E-state index contributed by atoms with van der Waals surface area (Å²) < 4.78 is 32.6. The summed E-state index contributed by atoms with van der Waals surface area (Å²) in [6.07, 6.45) is 4.61. The van der Waals surface area contributed by atoms with Crippen molar-refractivity contribution in [3.8, 4) is 0 Å². The third-order valence-corrected chi connectivity index (χ3v) is 8.09. The van der Waals surface area contributed by atoms with E-state index >= 15 is 0 Å². The SMILES string of the molecule is C=C(C)C(=O)N(Cc1ccc2c(ccn2CCOC)c1)C(NC(=NC)NC1CCN(S(C)(=O)=O)CC1)=C(C)C. The number of carbonyl (C=O) groups excluding carboxylic acids is 1. The lowest BCUT2D eigenvalue weighted by Crippen LogP contribution is -2.51. The van der Waals surface area contributed by atoms with E-state index in [0.717, 1.165) is 28.6 Å². The molecule has 0 atom stereocenters. The van der Waals surface area contributed by atoms with Gasteiger partial charge in [0.05, 0.1) is 19.4 Å². The summed E-state index contributed by atoms with van der Waals surface area (Å²) in [5.74, 6) is 0.963. The normalized spacial score (nSPS) is 15.3. The minimum atomic E-state index is -3.20. The first-order valence-corrected chi connectivity index (χ1v) is 15.0. The maximum absolute atomic E-state index is 13.4. The minimum absolute atomic E-state index is 0.0578. The molecule has 0 spiro atoms. The van der Waals surface area contributed by atoms with E-state index in [9.17, 15) is 13.2 Å². The van der Waals surface area contributed by atoms with Gasteiger partial charge in [0.1, 0.15) is 5.82 Å². The molecule has 0 radical (unpaired) electrons. The van der Waals surface area contributed by atoms with Crippen molar-refractivity contribution in [3.63, 3.8) is 0 Å². The van der Waals surface area contributed by atoms with Crippen LogP contribution in [0, 0.1) is 0 Å². The summed E-state index contributed by atoms with van der Waals surface area (Å²) in [6, 6.07) is 8.34. The Labute approximate surface area is 232 Å². The predicted molar refractivity (Wildman–Crippen MR) is 157 cm³/mol. The molecule has 0 bridgehead atoms. The molecule has 0 saturated carbocycles. The highest BCUT2D eigenvalue weighted by atomic mass is 32.2. The van der Waals surface area contributed by atoms with Crippen LogP contribution in [-0.4, -0.2) is 80.2 Å². The molecular formula is C28H42N6O4S. The molecule has 1 fully saturated rings. The number of allylic oxidation sites excluding steroid dienone is 1. The summed E-state index contributed by atoms with van der Waals surface area (Å²) in [5, 5.41) is 7.84. The molecule has 1 aliphatic heterocycles. The van der Waals surface area contributed by atoms with Crippen LogP contribution in [-0.2, 0) is 32.6 Å². The van der Waals surface area contributed by atoms with Gasteiger partial charge < -0.3 is 19.9 Å². The van der Waals surface area contributed by atoms with Crippen molar-refractivity contribution in [2.45, 2.75) is 52.7 Å². The largest absolute Gasteiger partial charge is 0.383 e. The van der Waals surface area contributed by atoms with E-state index in [1.807, 2.05) is 26.1 Å². The van der Waals surface area contributed by atoms with Crippen LogP contribution in [0.25, 0.3) is 10.9 Å². The molecule has 11 heteroatoms. The molecule has 0 aliphatic carbocycles. The summed E-state index contributed by atoms with van der Waals surface area (Å²) in [7, 11) is 0.173. The van der Waals surface area contributed by atoms with Crippen LogP contribution in [0.3, 0.4) is 0 Å². The van der Waals surface area contributed by atoms with Crippen molar-refractivity contribution in [2.24, 2.45) is 4.99 Å². The lowest BCUT2D eigenvalue weighted by molar-refractivity contribution is -0.126. The maximum atomic E-state index is 13.4. The predicted octanol–water partition coefficient (Wildman–Crippen LogP) is 3.03. The van der Waals surface area contributed by atoms with Gasteiger partial charge in [0.15, 0.2) is 5.96 Å². The fourth-order valence-electron chi connectivity index (χ4n) is 4.65. The third kappa shape index (κ3) is 7.93. The number of aliphatic imine (C=N–C) groups is 1. The van der Waals surface area contributed by atoms with Crippen LogP contribution in [0.2, 0.25) is 0 Å². The molecule has 2 aromatic rings. The van der Waals surface area contributed by atoms with Gasteiger partial charge in [-0.2, -0.15) is 0 Å². The summed E-state index contributed by atoms with van der Waals surface area (Å²) >= 11 is 0. The summed E-state index contributed by atoms with van der Waals surface area (Å²) in [4.78, 5) is 19.5. The second kappa shape index (κ2) is 13.3. The van der Waals surface area contributed by atoms with E-state index in [1.54, 1.807) is 26.0 Å². The first kappa shape index (κ1) is 30.4. The Morgan fingerprint density at radius 2 is 1.90 bits per heavy atom. The molecule has 39 heavy (non-hydrogen) atoms. The number of amides is 1. The Morgan fingerprint density at radius 3 is 2.46 bits per heavy atom. The first-order valence-electron chi connectivity index (χ1n) is 13.1. The zero-order valence-corrected chi connectivity index (χ0v) is 24.8. The van der Waals surface area contributed by atoms with Gasteiger partial charge >= 0.3 is 0 Å². The number of fused-ring (bicyclic) bond motifs is 1. The van der Waals surface area contributed by atoms with E-state index in [0.29, 0.717) is 56.4 Å². The number of carbonyl (C=O) groups is 1. The first-order chi connectivity index (χ1) is 18.4.